The number of hydrogen-bond donors (Lipinski definition) is 1. The van der Waals surface area contributed by atoms with Crippen LogP contribution >= 0.6 is 0 Å². The molecule has 0 aliphatic heterocycles. The zero-order valence-electron chi connectivity index (χ0n) is 19.6. The van der Waals surface area contributed by atoms with Crippen molar-refractivity contribution in [2.24, 2.45) is 11.8 Å². The van der Waals surface area contributed by atoms with Gasteiger partial charge in [0.25, 0.3) is 0 Å². The average molecular weight is 415 g/mol. The summed E-state index contributed by atoms with van der Waals surface area (Å²) in [5.74, 6) is 2.68. The molecule has 1 aliphatic carbocycles. The molecule has 0 aromatic heterocycles. The van der Waals surface area contributed by atoms with Crippen LogP contribution < -0.4 is 14.8 Å². The van der Waals surface area contributed by atoms with Gasteiger partial charge in [-0.25, -0.2) is 0 Å². The van der Waals surface area contributed by atoms with E-state index in [-0.39, 0.29) is 5.92 Å². The fraction of sp³-hybridized carbons (Fsp3) is 0.731. The Balaban J connectivity index is 2.00. The number of ether oxygens (including phenoxy) is 2. The molecule has 1 aromatic carbocycles. The highest BCUT2D eigenvalue weighted by Crippen LogP contribution is 2.40. The van der Waals surface area contributed by atoms with Gasteiger partial charge in [-0.05, 0) is 75.7 Å². The number of hydrogen-bond acceptors (Lipinski definition) is 4. The van der Waals surface area contributed by atoms with Crippen LogP contribution in [-0.2, 0) is 5.41 Å². The van der Waals surface area contributed by atoms with Crippen molar-refractivity contribution in [3.8, 4) is 17.6 Å². The standard InChI is InChI=1S/C26H42N2O2/c1-5-29-24-17-23(18-25(19-24)30-6-2)26(20-27,21(3)4)14-10-15-28-16-13-22-11-8-7-9-12-22/h17-19,21-22,28H,5-16H2,1-4H3. The molecule has 2 rings (SSSR count). The molecule has 30 heavy (non-hydrogen) atoms. The minimum atomic E-state index is -0.538. The molecule has 1 saturated carbocycles. The van der Waals surface area contributed by atoms with Crippen molar-refractivity contribution in [1.29, 1.82) is 5.26 Å². The van der Waals surface area contributed by atoms with Crippen LogP contribution in [0.4, 0.5) is 0 Å². The summed E-state index contributed by atoms with van der Waals surface area (Å²) in [5.41, 5.74) is 0.473. The fourth-order valence-corrected chi connectivity index (χ4v) is 4.74. The van der Waals surface area contributed by atoms with Gasteiger partial charge in [0.15, 0.2) is 0 Å². The molecule has 0 amide bonds. The maximum atomic E-state index is 10.3. The molecule has 1 aliphatic rings. The lowest BCUT2D eigenvalue weighted by Crippen LogP contribution is -2.32. The molecule has 0 radical (unpaired) electrons. The van der Waals surface area contributed by atoms with E-state index in [4.69, 9.17) is 9.47 Å². The molecular weight excluding hydrogens is 372 g/mol. The largest absolute Gasteiger partial charge is 0.494 e. The normalized spacial score (nSPS) is 16.8. The van der Waals surface area contributed by atoms with E-state index in [0.717, 1.165) is 48.9 Å². The van der Waals surface area contributed by atoms with Crippen molar-refractivity contribution in [3.63, 3.8) is 0 Å². The summed E-state index contributed by atoms with van der Waals surface area (Å²) < 4.78 is 11.5. The van der Waals surface area contributed by atoms with E-state index in [1.807, 2.05) is 32.0 Å². The van der Waals surface area contributed by atoms with E-state index in [9.17, 15) is 5.26 Å². The predicted molar refractivity (Wildman–Crippen MR) is 124 cm³/mol. The SMILES string of the molecule is CCOc1cc(OCC)cc(C(C#N)(CCCNCCC2CCCCC2)C(C)C)c1. The van der Waals surface area contributed by atoms with Gasteiger partial charge in [0.2, 0.25) is 0 Å². The smallest absolute Gasteiger partial charge is 0.123 e. The van der Waals surface area contributed by atoms with Gasteiger partial charge >= 0.3 is 0 Å². The third kappa shape index (κ3) is 6.91. The summed E-state index contributed by atoms with van der Waals surface area (Å²) in [6.45, 7) is 11.5. The van der Waals surface area contributed by atoms with Crippen LogP contribution in [0.2, 0.25) is 0 Å². The third-order valence-electron chi connectivity index (χ3n) is 6.58. The van der Waals surface area contributed by atoms with Gasteiger partial charge in [0.1, 0.15) is 11.5 Å². The highest BCUT2D eigenvalue weighted by Gasteiger charge is 2.36. The first kappa shape index (κ1) is 24.5. The first-order chi connectivity index (χ1) is 14.6. The van der Waals surface area contributed by atoms with Crippen molar-refractivity contribution in [3.05, 3.63) is 23.8 Å². The van der Waals surface area contributed by atoms with Crippen molar-refractivity contribution >= 4 is 0 Å². The Morgan fingerprint density at radius 1 is 1.03 bits per heavy atom. The lowest BCUT2D eigenvalue weighted by atomic mass is 9.69. The quantitative estimate of drug-likeness (QED) is 0.388. The predicted octanol–water partition coefficient (Wildman–Crippen LogP) is 6.24. The van der Waals surface area contributed by atoms with Gasteiger partial charge in [-0.1, -0.05) is 46.0 Å². The zero-order valence-corrected chi connectivity index (χ0v) is 19.6. The number of rotatable bonds is 13. The van der Waals surface area contributed by atoms with Crippen LogP contribution in [0.15, 0.2) is 18.2 Å². The lowest BCUT2D eigenvalue weighted by molar-refractivity contribution is 0.314. The minimum Gasteiger partial charge on any atom is -0.494 e. The molecule has 1 unspecified atom stereocenters. The number of nitrogens with zero attached hydrogens (tertiary/aromatic N) is 1. The molecule has 0 spiro atoms. The van der Waals surface area contributed by atoms with E-state index >= 15 is 0 Å². The molecule has 1 aromatic rings. The van der Waals surface area contributed by atoms with E-state index in [0.29, 0.717) is 13.2 Å². The molecule has 1 N–H and O–H groups in total. The van der Waals surface area contributed by atoms with Gasteiger partial charge in [-0.2, -0.15) is 5.26 Å². The van der Waals surface area contributed by atoms with E-state index in [1.165, 1.54) is 38.5 Å². The third-order valence-corrected chi connectivity index (χ3v) is 6.58. The highest BCUT2D eigenvalue weighted by molar-refractivity contribution is 5.45. The van der Waals surface area contributed by atoms with E-state index in [2.05, 4.69) is 25.2 Å². The van der Waals surface area contributed by atoms with E-state index in [1.54, 1.807) is 0 Å². The minimum absolute atomic E-state index is 0.205. The Labute approximate surface area is 184 Å². The highest BCUT2D eigenvalue weighted by atomic mass is 16.5. The summed E-state index contributed by atoms with van der Waals surface area (Å²) in [6, 6.07) is 8.66. The molecule has 4 heteroatoms. The van der Waals surface area contributed by atoms with Crippen LogP contribution in [0.3, 0.4) is 0 Å². The van der Waals surface area contributed by atoms with Crippen LogP contribution in [-0.4, -0.2) is 26.3 Å². The van der Waals surface area contributed by atoms with Gasteiger partial charge < -0.3 is 14.8 Å². The summed E-state index contributed by atoms with van der Waals surface area (Å²) in [7, 11) is 0. The Hall–Kier alpha value is -1.73. The Bertz CT molecular complexity index is 637. The van der Waals surface area contributed by atoms with Crippen molar-refractivity contribution in [2.75, 3.05) is 26.3 Å². The van der Waals surface area contributed by atoms with Gasteiger partial charge in [0, 0.05) is 6.07 Å². The Morgan fingerprint density at radius 3 is 2.20 bits per heavy atom. The van der Waals surface area contributed by atoms with E-state index < -0.39 is 5.41 Å². The van der Waals surface area contributed by atoms with Crippen molar-refractivity contribution in [2.45, 2.75) is 84.5 Å². The number of benzene rings is 1. The van der Waals surface area contributed by atoms with Crippen molar-refractivity contribution in [1.82, 2.24) is 5.32 Å². The molecule has 4 nitrogen and oxygen atoms in total. The second-order valence-electron chi connectivity index (χ2n) is 8.94. The molecule has 0 saturated heterocycles. The zero-order chi connectivity index (χ0) is 21.8. The lowest BCUT2D eigenvalue weighted by Gasteiger charge is -2.32. The van der Waals surface area contributed by atoms with Crippen LogP contribution in [0.1, 0.15) is 84.6 Å². The van der Waals surface area contributed by atoms with Crippen LogP contribution in [0.25, 0.3) is 0 Å². The monoisotopic (exact) mass is 414 g/mol. The van der Waals surface area contributed by atoms with Gasteiger partial charge in [-0.3, -0.25) is 0 Å². The van der Waals surface area contributed by atoms with Gasteiger partial charge in [0.05, 0.1) is 24.7 Å². The Morgan fingerprint density at radius 2 is 1.67 bits per heavy atom. The average Bonchev–Trinajstić information content (AvgIpc) is 2.74. The summed E-state index contributed by atoms with van der Waals surface area (Å²) >= 11 is 0. The second kappa shape index (κ2) is 12.8. The first-order valence-corrected chi connectivity index (χ1v) is 12.1. The van der Waals surface area contributed by atoms with Crippen molar-refractivity contribution < 1.29 is 9.47 Å². The summed E-state index contributed by atoms with van der Waals surface area (Å²) in [5, 5.41) is 13.9. The maximum Gasteiger partial charge on any atom is 0.123 e. The molecule has 168 valence electrons. The summed E-state index contributed by atoms with van der Waals surface area (Å²) in [6.07, 6.45) is 10.2. The molecular formula is C26H42N2O2. The molecule has 0 bridgehead atoms. The topological polar surface area (TPSA) is 54.3 Å². The molecule has 0 heterocycles. The second-order valence-corrected chi connectivity index (χ2v) is 8.94. The maximum absolute atomic E-state index is 10.3. The van der Waals surface area contributed by atoms with Crippen LogP contribution in [0, 0.1) is 23.2 Å². The van der Waals surface area contributed by atoms with Gasteiger partial charge in [-0.15, -0.1) is 0 Å². The Kier molecular flexibility index (Phi) is 10.5. The summed E-state index contributed by atoms with van der Waals surface area (Å²) in [4.78, 5) is 0. The van der Waals surface area contributed by atoms with Crippen LogP contribution in [0.5, 0.6) is 11.5 Å². The fourth-order valence-electron chi connectivity index (χ4n) is 4.74. The number of nitriles is 1. The molecule has 1 fully saturated rings. The molecule has 1 atom stereocenters. The first-order valence-electron chi connectivity index (χ1n) is 12.1. The number of nitrogens with one attached hydrogen (secondary N) is 1.